The number of carbonyl (C=O) groups excluding carboxylic acids is 4. The number of ether oxygens (including phenoxy) is 2. The maximum absolute atomic E-state index is 13.4. The summed E-state index contributed by atoms with van der Waals surface area (Å²) in [5, 5.41) is 9.10. The van der Waals surface area contributed by atoms with Gasteiger partial charge in [-0.2, -0.15) is 0 Å². The minimum atomic E-state index is -1.69. The molecule has 12 nitrogen and oxygen atoms in total. The number of cyclic esters (lactones) is 1. The summed E-state index contributed by atoms with van der Waals surface area (Å²) >= 11 is 6.88. The second kappa shape index (κ2) is 8.28. The monoisotopic (exact) mass is 535 g/mol. The second-order valence-electron chi connectivity index (χ2n) is 9.81. The molecule has 1 spiro atoms. The van der Waals surface area contributed by atoms with Crippen molar-refractivity contribution in [1.82, 2.24) is 15.8 Å². The summed E-state index contributed by atoms with van der Waals surface area (Å²) in [6.07, 6.45) is -2.19. The van der Waals surface area contributed by atoms with Crippen LogP contribution in [0.15, 0.2) is 10.6 Å². The van der Waals surface area contributed by atoms with Crippen LogP contribution in [0.1, 0.15) is 25.8 Å². The fraction of sp³-hybridized carbons (Fsp3) is 0.522. The third-order valence-corrected chi connectivity index (χ3v) is 7.86. The number of hydrogen-bond donors (Lipinski definition) is 2. The molecule has 14 heteroatoms. The topological polar surface area (TPSA) is 143 Å². The molecule has 1 aromatic heterocycles. The summed E-state index contributed by atoms with van der Waals surface area (Å²) in [4.78, 5) is 54.2. The maximum atomic E-state index is 13.4. The summed E-state index contributed by atoms with van der Waals surface area (Å²) < 4.78 is 29.6. The molecular weight excluding hydrogens is 513 g/mol. The largest absolute Gasteiger partial charge is 0.444 e. The van der Waals surface area contributed by atoms with E-state index in [1.807, 2.05) is 11.8 Å². The Morgan fingerprint density at radius 2 is 1.92 bits per heavy atom. The van der Waals surface area contributed by atoms with Gasteiger partial charge in [0.05, 0.1) is 42.5 Å². The molecule has 3 fully saturated rings. The number of fused-ring (bicyclic) bond motifs is 5. The lowest BCUT2D eigenvalue weighted by Gasteiger charge is -2.55. The first-order valence-electron chi connectivity index (χ1n) is 11.9. The van der Waals surface area contributed by atoms with Crippen molar-refractivity contribution >= 4 is 58.0 Å². The number of carbonyl (C=O) groups is 4. The Hall–Kier alpha value is -3.45. The van der Waals surface area contributed by atoms with Crippen LogP contribution in [-0.4, -0.2) is 73.2 Å². The smallest absolute Gasteiger partial charge is 0.416 e. The van der Waals surface area contributed by atoms with Gasteiger partial charge in [0.25, 0.3) is 0 Å². The van der Waals surface area contributed by atoms with E-state index in [0.29, 0.717) is 23.2 Å². The lowest BCUT2D eigenvalue weighted by molar-refractivity contribution is -0.153. The van der Waals surface area contributed by atoms with Crippen LogP contribution in [0.2, 0.25) is 5.02 Å². The molecule has 4 aliphatic heterocycles. The van der Waals surface area contributed by atoms with Crippen LogP contribution in [0.4, 0.5) is 25.5 Å². The molecule has 4 atom stereocenters. The Morgan fingerprint density at radius 1 is 1.19 bits per heavy atom. The SMILES string of the molecule is C[C@@H]1CN2c3c(cc4c(N5C[C@@H](CCF)OC5=O)noc4c3Cl)CC3(C(=O)NC(=O)NC3=O)[C@H]2[C@H](C)O1. The van der Waals surface area contributed by atoms with Gasteiger partial charge in [-0.1, -0.05) is 16.8 Å². The van der Waals surface area contributed by atoms with E-state index in [1.54, 1.807) is 13.0 Å². The number of urea groups is 1. The van der Waals surface area contributed by atoms with E-state index in [4.69, 9.17) is 25.6 Å². The number of aromatic nitrogens is 1. The number of morpholine rings is 1. The Bertz CT molecular complexity index is 1340. The first kappa shape index (κ1) is 23.9. The molecule has 0 bridgehead atoms. The van der Waals surface area contributed by atoms with E-state index in [0.717, 1.165) is 0 Å². The summed E-state index contributed by atoms with van der Waals surface area (Å²) in [5.74, 6) is -1.32. The van der Waals surface area contributed by atoms with Gasteiger partial charge >= 0.3 is 12.1 Å². The van der Waals surface area contributed by atoms with Crippen molar-refractivity contribution < 1.29 is 37.6 Å². The minimum absolute atomic E-state index is 0.0500. The molecule has 0 saturated carbocycles. The Balaban J connectivity index is 1.52. The summed E-state index contributed by atoms with van der Waals surface area (Å²) in [7, 11) is 0. The lowest BCUT2D eigenvalue weighted by Crippen LogP contribution is -2.75. The van der Waals surface area contributed by atoms with E-state index in [2.05, 4.69) is 15.8 Å². The van der Waals surface area contributed by atoms with Crippen LogP contribution in [0.3, 0.4) is 0 Å². The number of hydrogen-bond acceptors (Lipinski definition) is 9. The Labute approximate surface area is 214 Å². The van der Waals surface area contributed by atoms with Crippen molar-refractivity contribution in [2.24, 2.45) is 5.41 Å². The lowest BCUT2D eigenvalue weighted by atomic mass is 9.66. The van der Waals surface area contributed by atoms with E-state index >= 15 is 0 Å². The van der Waals surface area contributed by atoms with E-state index in [9.17, 15) is 23.6 Å². The number of halogens is 2. The highest BCUT2D eigenvalue weighted by molar-refractivity contribution is 6.38. The van der Waals surface area contributed by atoms with E-state index < -0.39 is 54.3 Å². The molecule has 2 N–H and O–H groups in total. The Morgan fingerprint density at radius 3 is 2.62 bits per heavy atom. The molecule has 2 aromatic rings. The summed E-state index contributed by atoms with van der Waals surface area (Å²) in [6.45, 7) is 3.38. The summed E-state index contributed by atoms with van der Waals surface area (Å²) in [5.41, 5.74) is -0.377. The standard InChI is InChI=1S/C23H23ClFN5O7/c1-9-7-29-15-11(6-23(17(29)10(2)35-9)19(31)26-21(33)27-20(23)32)5-13-16(14(15)24)37-28-18(13)30-8-12(3-4-25)36-22(30)34/h5,9-10,12,17H,3-4,6-8H2,1-2H3,(H2,26,27,31,32,33)/t9-,10+,12-,17-/m1/s1. The van der Waals surface area contributed by atoms with Gasteiger partial charge in [-0.25, -0.2) is 9.59 Å². The number of anilines is 2. The van der Waals surface area contributed by atoms with E-state index in [1.165, 1.54) is 4.90 Å². The van der Waals surface area contributed by atoms with Gasteiger partial charge in [0, 0.05) is 13.0 Å². The number of barbiturate groups is 1. The minimum Gasteiger partial charge on any atom is -0.444 e. The molecule has 37 heavy (non-hydrogen) atoms. The highest BCUT2D eigenvalue weighted by Crippen LogP contribution is 2.51. The molecule has 0 radical (unpaired) electrons. The zero-order valence-corrected chi connectivity index (χ0v) is 20.6. The third kappa shape index (κ3) is 3.33. The third-order valence-electron chi connectivity index (χ3n) is 7.51. The van der Waals surface area contributed by atoms with Crippen LogP contribution >= 0.6 is 11.6 Å². The molecular formula is C23H23ClFN5O7. The average molecular weight is 536 g/mol. The van der Waals surface area contributed by atoms with Crippen molar-refractivity contribution in [3.8, 4) is 0 Å². The van der Waals surface area contributed by atoms with Gasteiger partial charge in [-0.3, -0.25) is 29.5 Å². The zero-order valence-electron chi connectivity index (χ0n) is 19.9. The van der Waals surface area contributed by atoms with Crippen LogP contribution in [0.5, 0.6) is 0 Å². The molecule has 1 aromatic carbocycles. The zero-order chi connectivity index (χ0) is 26.2. The molecule has 4 aliphatic rings. The van der Waals surface area contributed by atoms with E-state index in [-0.39, 0.29) is 41.9 Å². The number of imide groups is 2. The van der Waals surface area contributed by atoms with Gasteiger partial charge in [-0.15, -0.1) is 0 Å². The predicted molar refractivity (Wildman–Crippen MR) is 126 cm³/mol. The Kier molecular flexibility index (Phi) is 5.35. The van der Waals surface area contributed by atoms with Gasteiger partial charge < -0.3 is 18.9 Å². The second-order valence-corrected chi connectivity index (χ2v) is 10.2. The number of benzene rings is 1. The summed E-state index contributed by atoms with van der Waals surface area (Å²) in [6, 6.07) is 0.0234. The molecule has 5 amide bonds. The van der Waals surface area contributed by atoms with Crippen molar-refractivity contribution in [3.05, 3.63) is 16.7 Å². The first-order chi connectivity index (χ1) is 17.6. The molecule has 3 saturated heterocycles. The van der Waals surface area contributed by atoms with Gasteiger partial charge in [0.1, 0.15) is 11.1 Å². The highest BCUT2D eigenvalue weighted by Gasteiger charge is 2.63. The molecule has 196 valence electrons. The number of rotatable bonds is 3. The number of alkyl halides is 1. The van der Waals surface area contributed by atoms with Crippen molar-refractivity contribution in [2.45, 2.75) is 51.0 Å². The fourth-order valence-electron chi connectivity index (χ4n) is 6.10. The number of amides is 5. The van der Waals surface area contributed by atoms with Crippen LogP contribution in [-0.2, 0) is 25.5 Å². The highest BCUT2D eigenvalue weighted by atomic mass is 35.5. The van der Waals surface area contributed by atoms with Crippen LogP contribution < -0.4 is 20.4 Å². The number of nitrogens with one attached hydrogen (secondary N) is 2. The number of nitrogens with zero attached hydrogens (tertiary/aromatic N) is 3. The molecule has 6 rings (SSSR count). The van der Waals surface area contributed by atoms with Crippen molar-refractivity contribution in [1.29, 1.82) is 0 Å². The van der Waals surface area contributed by atoms with Gasteiger partial charge in [-0.05, 0) is 31.9 Å². The average Bonchev–Trinajstić information content (AvgIpc) is 3.40. The normalized spacial score (nSPS) is 28.8. The van der Waals surface area contributed by atoms with Crippen molar-refractivity contribution in [2.75, 3.05) is 29.6 Å². The predicted octanol–water partition coefficient (Wildman–Crippen LogP) is 2.06. The molecule has 0 aliphatic carbocycles. The van der Waals surface area contributed by atoms with Crippen LogP contribution in [0, 0.1) is 5.41 Å². The van der Waals surface area contributed by atoms with Gasteiger partial charge in [0.2, 0.25) is 11.8 Å². The molecule has 0 unspecified atom stereocenters. The molecule has 5 heterocycles. The quantitative estimate of drug-likeness (QED) is 0.564. The van der Waals surface area contributed by atoms with Crippen molar-refractivity contribution in [3.63, 3.8) is 0 Å². The van der Waals surface area contributed by atoms with Crippen LogP contribution in [0.25, 0.3) is 11.0 Å². The van der Waals surface area contributed by atoms with Gasteiger partial charge in [0.15, 0.2) is 16.8 Å². The fourth-order valence-corrected chi connectivity index (χ4v) is 6.46. The maximum Gasteiger partial charge on any atom is 0.416 e. The first-order valence-corrected chi connectivity index (χ1v) is 12.3.